The fraction of sp³-hybridized carbons (Fsp3) is 0.429. The summed E-state index contributed by atoms with van der Waals surface area (Å²) in [6, 6.07) is 4.42. The van der Waals surface area contributed by atoms with E-state index in [9.17, 15) is 4.79 Å². The molecule has 2 heterocycles. The third kappa shape index (κ3) is 3.32. The summed E-state index contributed by atoms with van der Waals surface area (Å²) in [6.07, 6.45) is 4.15. The molecule has 5 heteroatoms. The number of hydrogen-bond donors (Lipinski definition) is 2. The summed E-state index contributed by atoms with van der Waals surface area (Å²) >= 11 is 0. The lowest BCUT2D eigenvalue weighted by atomic mass is 10.2. The van der Waals surface area contributed by atoms with Crippen LogP contribution in [-0.2, 0) is 17.9 Å². The van der Waals surface area contributed by atoms with E-state index >= 15 is 0 Å². The third-order valence-corrected chi connectivity index (χ3v) is 3.02. The van der Waals surface area contributed by atoms with Crippen LogP contribution in [0, 0.1) is 0 Å². The van der Waals surface area contributed by atoms with Crippen molar-refractivity contribution < 1.29 is 4.79 Å². The van der Waals surface area contributed by atoms with E-state index < -0.39 is 0 Å². The lowest BCUT2D eigenvalue weighted by molar-refractivity contribution is -0.118. The van der Waals surface area contributed by atoms with Gasteiger partial charge >= 0.3 is 0 Å². The molecule has 19 heavy (non-hydrogen) atoms. The monoisotopic (exact) mass is 260 g/mol. The van der Waals surface area contributed by atoms with E-state index in [2.05, 4.69) is 36.4 Å². The Balaban J connectivity index is 2.28. The number of carbonyl (C=O) groups is 1. The minimum absolute atomic E-state index is 0.292. The van der Waals surface area contributed by atoms with Gasteiger partial charge in [0.2, 0.25) is 5.91 Å². The number of amides is 1. The van der Waals surface area contributed by atoms with Gasteiger partial charge in [0.05, 0.1) is 0 Å². The average Bonchev–Trinajstić information content (AvgIpc) is 2.72. The highest BCUT2D eigenvalue weighted by molar-refractivity contribution is 5.80. The van der Waals surface area contributed by atoms with Gasteiger partial charge < -0.3 is 15.6 Å². The smallest absolute Gasteiger partial charge is 0.219 e. The summed E-state index contributed by atoms with van der Waals surface area (Å²) in [7, 11) is 0. The molecule has 0 atom stereocenters. The van der Waals surface area contributed by atoms with Gasteiger partial charge in [-0.1, -0.05) is 13.8 Å². The standard InChI is InChI=1S/C14H20N4O/c1-10(2)17-8-11-9-18(7-5-13(15)19)14-12(11)4-3-6-16-14/h3-4,6,9-10,17H,5,7-8H2,1-2H3,(H2,15,19). The number of fused-ring (bicyclic) bond motifs is 1. The Kier molecular flexibility index (Phi) is 4.16. The van der Waals surface area contributed by atoms with Crippen LogP contribution in [0.5, 0.6) is 0 Å². The molecule has 0 bridgehead atoms. The first-order chi connectivity index (χ1) is 9.08. The molecule has 0 aromatic carbocycles. The lowest BCUT2D eigenvalue weighted by Gasteiger charge is -2.06. The van der Waals surface area contributed by atoms with E-state index in [1.165, 1.54) is 5.56 Å². The number of primary amides is 1. The van der Waals surface area contributed by atoms with Gasteiger partial charge in [0, 0.05) is 43.3 Å². The Morgan fingerprint density at radius 1 is 1.53 bits per heavy atom. The number of nitrogens with two attached hydrogens (primary N) is 1. The van der Waals surface area contributed by atoms with Crippen molar-refractivity contribution in [3.63, 3.8) is 0 Å². The third-order valence-electron chi connectivity index (χ3n) is 3.02. The van der Waals surface area contributed by atoms with Gasteiger partial charge in [0.1, 0.15) is 5.65 Å². The molecule has 0 saturated heterocycles. The van der Waals surface area contributed by atoms with Crippen LogP contribution in [0.15, 0.2) is 24.5 Å². The number of nitrogens with one attached hydrogen (secondary N) is 1. The fourth-order valence-electron chi connectivity index (χ4n) is 2.05. The Morgan fingerprint density at radius 3 is 3.00 bits per heavy atom. The molecule has 2 aromatic rings. The zero-order chi connectivity index (χ0) is 13.8. The Labute approximate surface area is 112 Å². The van der Waals surface area contributed by atoms with Crippen LogP contribution in [-0.4, -0.2) is 21.5 Å². The normalized spacial score (nSPS) is 11.3. The average molecular weight is 260 g/mol. The highest BCUT2D eigenvalue weighted by Crippen LogP contribution is 2.19. The maximum Gasteiger partial charge on any atom is 0.219 e. The molecule has 5 nitrogen and oxygen atoms in total. The minimum atomic E-state index is -0.292. The van der Waals surface area contributed by atoms with E-state index in [-0.39, 0.29) is 5.91 Å². The fourth-order valence-corrected chi connectivity index (χ4v) is 2.05. The van der Waals surface area contributed by atoms with Crippen molar-refractivity contribution >= 4 is 16.9 Å². The van der Waals surface area contributed by atoms with E-state index in [0.29, 0.717) is 19.0 Å². The van der Waals surface area contributed by atoms with Crippen LogP contribution < -0.4 is 11.1 Å². The van der Waals surface area contributed by atoms with Crippen LogP contribution in [0.2, 0.25) is 0 Å². The first-order valence-corrected chi connectivity index (χ1v) is 6.52. The summed E-state index contributed by atoms with van der Waals surface area (Å²) < 4.78 is 2.00. The molecule has 1 amide bonds. The SMILES string of the molecule is CC(C)NCc1cn(CCC(N)=O)c2ncccc12. The van der Waals surface area contributed by atoms with Crippen molar-refractivity contribution in [2.45, 2.75) is 39.4 Å². The minimum Gasteiger partial charge on any atom is -0.370 e. The Bertz CT molecular complexity index is 574. The Morgan fingerprint density at radius 2 is 2.32 bits per heavy atom. The molecule has 102 valence electrons. The van der Waals surface area contributed by atoms with Crippen LogP contribution in [0.4, 0.5) is 0 Å². The number of nitrogens with zero attached hydrogens (tertiary/aromatic N) is 2. The summed E-state index contributed by atoms with van der Waals surface area (Å²) in [6.45, 7) is 5.60. The zero-order valence-electron chi connectivity index (χ0n) is 11.4. The number of hydrogen-bond acceptors (Lipinski definition) is 3. The molecule has 0 spiro atoms. The largest absolute Gasteiger partial charge is 0.370 e. The van der Waals surface area contributed by atoms with E-state index in [1.54, 1.807) is 6.20 Å². The molecule has 0 aliphatic carbocycles. The summed E-state index contributed by atoms with van der Waals surface area (Å²) in [5.41, 5.74) is 7.31. The highest BCUT2D eigenvalue weighted by Gasteiger charge is 2.09. The van der Waals surface area contributed by atoms with Gasteiger partial charge in [-0.05, 0) is 17.7 Å². The van der Waals surface area contributed by atoms with E-state index in [0.717, 1.165) is 17.6 Å². The molecular formula is C14H20N4O. The molecule has 0 saturated carbocycles. The highest BCUT2D eigenvalue weighted by atomic mass is 16.1. The van der Waals surface area contributed by atoms with Gasteiger partial charge in [0.15, 0.2) is 0 Å². The van der Waals surface area contributed by atoms with Gasteiger partial charge in [-0.15, -0.1) is 0 Å². The second-order valence-electron chi connectivity index (χ2n) is 4.97. The predicted molar refractivity (Wildman–Crippen MR) is 75.5 cm³/mol. The van der Waals surface area contributed by atoms with Crippen LogP contribution in [0.3, 0.4) is 0 Å². The molecule has 0 aliphatic rings. The van der Waals surface area contributed by atoms with Crippen molar-refractivity contribution in [1.29, 1.82) is 0 Å². The second-order valence-corrected chi connectivity index (χ2v) is 4.97. The van der Waals surface area contributed by atoms with Gasteiger partial charge in [-0.25, -0.2) is 4.98 Å². The van der Waals surface area contributed by atoms with Gasteiger partial charge in [0.25, 0.3) is 0 Å². The van der Waals surface area contributed by atoms with Crippen LogP contribution in [0.25, 0.3) is 11.0 Å². The molecule has 0 aliphatic heterocycles. The summed E-state index contributed by atoms with van der Waals surface area (Å²) in [5.74, 6) is -0.292. The number of pyridine rings is 1. The molecule has 0 fully saturated rings. The number of rotatable bonds is 6. The molecule has 0 radical (unpaired) electrons. The van der Waals surface area contributed by atoms with Gasteiger partial charge in [-0.3, -0.25) is 4.79 Å². The van der Waals surface area contributed by atoms with Crippen molar-refractivity contribution in [3.05, 3.63) is 30.1 Å². The van der Waals surface area contributed by atoms with Crippen molar-refractivity contribution in [2.75, 3.05) is 0 Å². The van der Waals surface area contributed by atoms with Gasteiger partial charge in [-0.2, -0.15) is 0 Å². The number of aryl methyl sites for hydroxylation is 1. The van der Waals surface area contributed by atoms with E-state index in [1.807, 2.05) is 10.6 Å². The predicted octanol–water partition coefficient (Wildman–Crippen LogP) is 1.41. The van der Waals surface area contributed by atoms with Crippen molar-refractivity contribution in [3.8, 4) is 0 Å². The van der Waals surface area contributed by atoms with Crippen molar-refractivity contribution in [2.24, 2.45) is 5.73 Å². The van der Waals surface area contributed by atoms with E-state index in [4.69, 9.17) is 5.73 Å². The molecule has 2 aromatic heterocycles. The molecular weight excluding hydrogens is 240 g/mol. The quantitative estimate of drug-likeness (QED) is 0.824. The number of carbonyl (C=O) groups excluding carboxylic acids is 1. The first-order valence-electron chi connectivity index (χ1n) is 6.52. The number of aromatic nitrogens is 2. The maximum atomic E-state index is 10.9. The lowest BCUT2D eigenvalue weighted by Crippen LogP contribution is -2.21. The summed E-state index contributed by atoms with van der Waals surface area (Å²) in [4.78, 5) is 15.3. The molecule has 0 unspecified atom stereocenters. The first kappa shape index (κ1) is 13.5. The zero-order valence-corrected chi connectivity index (χ0v) is 11.4. The van der Waals surface area contributed by atoms with Crippen molar-refractivity contribution in [1.82, 2.24) is 14.9 Å². The summed E-state index contributed by atoms with van der Waals surface area (Å²) in [5, 5.41) is 4.52. The molecule has 2 rings (SSSR count). The second kappa shape index (κ2) is 5.84. The molecule has 3 N–H and O–H groups in total. The topological polar surface area (TPSA) is 72.9 Å². The van der Waals surface area contributed by atoms with Crippen LogP contribution >= 0.6 is 0 Å². The van der Waals surface area contributed by atoms with Crippen LogP contribution in [0.1, 0.15) is 25.8 Å². The Hall–Kier alpha value is -1.88. The maximum absolute atomic E-state index is 10.9.